The second kappa shape index (κ2) is 4.63. The lowest BCUT2D eigenvalue weighted by Crippen LogP contribution is -2.22. The van der Waals surface area contributed by atoms with Crippen LogP contribution in [0.5, 0.6) is 0 Å². The maximum Gasteiger partial charge on any atom is 0.284 e. The average Bonchev–Trinajstić information content (AvgIpc) is 2.24. The highest BCUT2D eigenvalue weighted by molar-refractivity contribution is 5.89. The van der Waals surface area contributed by atoms with Gasteiger partial charge in [0.25, 0.3) is 11.8 Å². The molecule has 0 atom stereocenters. The van der Waals surface area contributed by atoms with Crippen molar-refractivity contribution in [1.29, 1.82) is 10.5 Å². The number of hydrogen-bond donors (Lipinski definition) is 0. The number of amides is 2. The highest BCUT2D eigenvalue weighted by Crippen LogP contribution is 2.18. The highest BCUT2D eigenvalue weighted by atomic mass is 16.2. The Morgan fingerprint density at radius 3 is 1.31 bits per heavy atom. The minimum Gasteiger partial charge on any atom is -0.269 e. The smallest absolute Gasteiger partial charge is 0.269 e. The summed E-state index contributed by atoms with van der Waals surface area (Å²) in [6, 6.07) is 3.48. The van der Waals surface area contributed by atoms with Crippen molar-refractivity contribution in [2.45, 2.75) is 27.7 Å². The van der Waals surface area contributed by atoms with E-state index in [2.05, 4.69) is 10.2 Å². The Labute approximate surface area is 93.6 Å². The molecular weight excluding hydrogens is 208 g/mol. The topological polar surface area (TPSA) is 106 Å². The summed E-state index contributed by atoms with van der Waals surface area (Å²) < 4.78 is 0. The summed E-state index contributed by atoms with van der Waals surface area (Å²) in [6.07, 6.45) is 0. The normalized spacial score (nSPS) is 11.9. The SMILES string of the molecule is CC(C)(C#N)C(=O)/N=N\C(=O)C(C)(C)C#N. The number of nitriles is 2. The van der Waals surface area contributed by atoms with E-state index >= 15 is 0 Å². The number of rotatable bonds is 2. The molecule has 0 rings (SSSR count). The Kier molecular flexibility index (Phi) is 4.02. The first-order valence-corrected chi connectivity index (χ1v) is 4.50. The van der Waals surface area contributed by atoms with Crippen molar-refractivity contribution < 1.29 is 9.59 Å². The van der Waals surface area contributed by atoms with Gasteiger partial charge in [0.2, 0.25) is 0 Å². The van der Waals surface area contributed by atoms with Crippen LogP contribution in [0.2, 0.25) is 0 Å². The Balaban J connectivity index is 4.81. The van der Waals surface area contributed by atoms with E-state index in [4.69, 9.17) is 10.5 Å². The van der Waals surface area contributed by atoms with E-state index in [0.29, 0.717) is 0 Å². The minimum absolute atomic E-state index is 0.808. The summed E-state index contributed by atoms with van der Waals surface area (Å²) in [6.45, 7) is 5.48. The molecule has 0 heterocycles. The lowest BCUT2D eigenvalue weighted by molar-refractivity contribution is -0.127. The van der Waals surface area contributed by atoms with E-state index in [0.717, 1.165) is 0 Å². The van der Waals surface area contributed by atoms with Crippen molar-refractivity contribution in [2.75, 3.05) is 0 Å². The molecule has 0 N–H and O–H groups in total. The largest absolute Gasteiger partial charge is 0.284 e. The molecule has 6 nitrogen and oxygen atoms in total. The number of carbonyl (C=O) groups excluding carboxylic acids is 2. The van der Waals surface area contributed by atoms with Crippen LogP contribution in [0, 0.1) is 33.5 Å². The minimum atomic E-state index is -1.32. The number of azo groups is 1. The molecule has 0 aromatic heterocycles. The fourth-order valence-corrected chi connectivity index (χ4v) is 0.436. The maximum atomic E-state index is 11.3. The Hall–Kier alpha value is -2.08. The zero-order valence-corrected chi connectivity index (χ0v) is 9.61. The van der Waals surface area contributed by atoms with Crippen molar-refractivity contribution in [3.63, 3.8) is 0 Å². The lowest BCUT2D eigenvalue weighted by atomic mass is 9.95. The van der Waals surface area contributed by atoms with E-state index in [-0.39, 0.29) is 0 Å². The monoisotopic (exact) mass is 220 g/mol. The first kappa shape index (κ1) is 13.9. The van der Waals surface area contributed by atoms with E-state index in [1.165, 1.54) is 27.7 Å². The fourth-order valence-electron chi connectivity index (χ4n) is 0.436. The van der Waals surface area contributed by atoms with Crippen LogP contribution in [0.4, 0.5) is 0 Å². The van der Waals surface area contributed by atoms with Gasteiger partial charge in [-0.1, -0.05) is 0 Å². The molecule has 0 saturated carbocycles. The van der Waals surface area contributed by atoms with E-state index in [1.807, 2.05) is 0 Å². The van der Waals surface area contributed by atoms with Crippen LogP contribution in [0.1, 0.15) is 27.7 Å². The quantitative estimate of drug-likeness (QED) is 0.658. The summed E-state index contributed by atoms with van der Waals surface area (Å²) in [5, 5.41) is 23.5. The highest BCUT2D eigenvalue weighted by Gasteiger charge is 2.30. The molecule has 2 amide bonds. The van der Waals surface area contributed by atoms with Gasteiger partial charge in [-0.3, -0.25) is 9.59 Å². The Morgan fingerprint density at radius 2 is 1.12 bits per heavy atom. The van der Waals surface area contributed by atoms with Gasteiger partial charge in [-0.05, 0) is 27.7 Å². The zero-order valence-electron chi connectivity index (χ0n) is 9.61. The third kappa shape index (κ3) is 3.25. The molecular formula is C10H12N4O2. The molecule has 84 valence electrons. The fraction of sp³-hybridized carbons (Fsp3) is 0.600. The van der Waals surface area contributed by atoms with Gasteiger partial charge in [-0.15, -0.1) is 10.2 Å². The van der Waals surface area contributed by atoms with Gasteiger partial charge in [-0.2, -0.15) is 10.5 Å². The summed E-state index contributed by atoms with van der Waals surface area (Å²) in [5.41, 5.74) is -2.64. The third-order valence-electron chi connectivity index (χ3n) is 1.86. The molecule has 0 radical (unpaired) electrons. The molecule has 0 aromatic rings. The van der Waals surface area contributed by atoms with Crippen molar-refractivity contribution in [3.8, 4) is 12.1 Å². The molecule has 0 aliphatic rings. The second-order valence-electron chi connectivity index (χ2n) is 4.28. The first-order chi connectivity index (χ1) is 7.17. The Bertz CT molecular complexity index is 381. The first-order valence-electron chi connectivity index (χ1n) is 4.50. The standard InChI is InChI=1S/C10H12N4O2/c1-9(2,5-11)7(15)13-14-8(16)10(3,4)6-12/h1-4H3/b14-13-. The molecule has 0 aromatic carbocycles. The summed E-state index contributed by atoms with van der Waals surface area (Å²) in [5.74, 6) is -1.62. The van der Waals surface area contributed by atoms with Crippen molar-refractivity contribution >= 4 is 11.8 Å². The van der Waals surface area contributed by atoms with Crippen LogP contribution >= 0.6 is 0 Å². The van der Waals surface area contributed by atoms with Gasteiger partial charge in [0.15, 0.2) is 0 Å². The van der Waals surface area contributed by atoms with Gasteiger partial charge in [-0.25, -0.2) is 0 Å². The van der Waals surface area contributed by atoms with Crippen LogP contribution in [0.15, 0.2) is 10.2 Å². The molecule has 0 unspecified atom stereocenters. The average molecular weight is 220 g/mol. The number of nitrogens with zero attached hydrogens (tertiary/aromatic N) is 4. The van der Waals surface area contributed by atoms with Crippen LogP contribution in [-0.2, 0) is 9.59 Å². The van der Waals surface area contributed by atoms with E-state index in [1.54, 1.807) is 12.1 Å². The predicted octanol–water partition coefficient (Wildman–Crippen LogP) is 1.59. The number of hydrogen-bond acceptors (Lipinski definition) is 4. The molecule has 0 bridgehead atoms. The second-order valence-corrected chi connectivity index (χ2v) is 4.28. The van der Waals surface area contributed by atoms with E-state index < -0.39 is 22.6 Å². The molecule has 0 fully saturated rings. The molecule has 0 spiro atoms. The molecule has 0 aliphatic heterocycles. The van der Waals surface area contributed by atoms with Gasteiger partial charge in [0, 0.05) is 0 Å². The van der Waals surface area contributed by atoms with Crippen LogP contribution < -0.4 is 0 Å². The van der Waals surface area contributed by atoms with Crippen LogP contribution in [-0.4, -0.2) is 11.8 Å². The van der Waals surface area contributed by atoms with Gasteiger partial charge in [0.05, 0.1) is 12.1 Å². The predicted molar refractivity (Wildman–Crippen MR) is 53.7 cm³/mol. The van der Waals surface area contributed by atoms with Gasteiger partial charge in [0.1, 0.15) is 10.8 Å². The van der Waals surface area contributed by atoms with Crippen molar-refractivity contribution in [1.82, 2.24) is 0 Å². The molecule has 6 heteroatoms. The van der Waals surface area contributed by atoms with E-state index in [9.17, 15) is 9.59 Å². The summed E-state index contributed by atoms with van der Waals surface area (Å²) in [4.78, 5) is 22.6. The van der Waals surface area contributed by atoms with Crippen LogP contribution in [0.3, 0.4) is 0 Å². The lowest BCUT2D eigenvalue weighted by Gasteiger charge is -2.09. The molecule has 0 aliphatic carbocycles. The zero-order chi connectivity index (χ0) is 13.0. The summed E-state index contributed by atoms with van der Waals surface area (Å²) >= 11 is 0. The van der Waals surface area contributed by atoms with Crippen molar-refractivity contribution in [2.24, 2.45) is 21.1 Å². The molecule has 16 heavy (non-hydrogen) atoms. The van der Waals surface area contributed by atoms with Gasteiger partial charge < -0.3 is 0 Å². The number of carbonyl (C=O) groups is 2. The maximum absolute atomic E-state index is 11.3. The Morgan fingerprint density at radius 1 is 0.875 bits per heavy atom. The molecule has 0 saturated heterocycles. The van der Waals surface area contributed by atoms with Crippen LogP contribution in [0.25, 0.3) is 0 Å². The summed E-state index contributed by atoms with van der Waals surface area (Å²) in [7, 11) is 0. The van der Waals surface area contributed by atoms with Crippen molar-refractivity contribution in [3.05, 3.63) is 0 Å². The third-order valence-corrected chi connectivity index (χ3v) is 1.86. The van der Waals surface area contributed by atoms with Gasteiger partial charge >= 0.3 is 0 Å².